The van der Waals surface area contributed by atoms with Crippen LogP contribution in [-0.2, 0) is 14.3 Å². The molecule has 0 rings (SSSR count). The van der Waals surface area contributed by atoms with Gasteiger partial charge in [0.2, 0.25) is 6.08 Å². The number of aliphatic imine (C=N–C) groups is 1. The standard InChI is InChI=1S/C14H25NO3/c1-13(2)8-6-4-3-5-7-10-18-11-9-14(17)15-12-16/h13H,3-11H2,1-2H3. The maximum Gasteiger partial charge on any atom is 0.258 e. The number of ether oxygens (including phenoxy) is 1. The summed E-state index contributed by atoms with van der Waals surface area (Å²) in [5, 5.41) is 0. The lowest BCUT2D eigenvalue weighted by atomic mass is 10.0. The molecular weight excluding hydrogens is 230 g/mol. The fraction of sp³-hybridized carbons (Fsp3) is 0.857. The summed E-state index contributed by atoms with van der Waals surface area (Å²) in [6.45, 7) is 5.53. The van der Waals surface area contributed by atoms with Crippen LogP contribution in [0.5, 0.6) is 0 Å². The first-order chi connectivity index (χ1) is 8.66. The zero-order chi connectivity index (χ0) is 13.6. The van der Waals surface area contributed by atoms with E-state index in [4.69, 9.17) is 4.74 Å². The van der Waals surface area contributed by atoms with Crippen LogP contribution in [0, 0.1) is 5.92 Å². The van der Waals surface area contributed by atoms with E-state index in [0.717, 1.165) is 12.3 Å². The van der Waals surface area contributed by atoms with Crippen molar-refractivity contribution in [2.45, 2.75) is 58.8 Å². The Kier molecular flexibility index (Phi) is 11.8. The normalized spacial score (nSPS) is 10.4. The Morgan fingerprint density at radius 2 is 1.78 bits per heavy atom. The van der Waals surface area contributed by atoms with Gasteiger partial charge >= 0.3 is 0 Å². The van der Waals surface area contributed by atoms with Crippen molar-refractivity contribution in [1.29, 1.82) is 0 Å². The number of isocyanates is 1. The molecule has 0 spiro atoms. The predicted octanol–water partition coefficient (Wildman–Crippen LogP) is 3.25. The van der Waals surface area contributed by atoms with Gasteiger partial charge in [-0.05, 0) is 12.3 Å². The van der Waals surface area contributed by atoms with Crippen LogP contribution in [-0.4, -0.2) is 25.2 Å². The highest BCUT2D eigenvalue weighted by atomic mass is 16.5. The molecule has 0 atom stereocenters. The molecule has 104 valence electrons. The second-order valence-electron chi connectivity index (χ2n) is 4.91. The molecule has 1 amide bonds. The van der Waals surface area contributed by atoms with Crippen LogP contribution < -0.4 is 0 Å². The Labute approximate surface area is 110 Å². The highest BCUT2D eigenvalue weighted by molar-refractivity contribution is 5.81. The van der Waals surface area contributed by atoms with Crippen LogP contribution in [0.4, 0.5) is 0 Å². The molecule has 0 saturated carbocycles. The highest BCUT2D eigenvalue weighted by Crippen LogP contribution is 2.10. The summed E-state index contributed by atoms with van der Waals surface area (Å²) in [6, 6.07) is 0. The Hall–Kier alpha value is -0.990. The van der Waals surface area contributed by atoms with Crippen molar-refractivity contribution in [3.63, 3.8) is 0 Å². The number of unbranched alkanes of at least 4 members (excludes halogenated alkanes) is 4. The lowest BCUT2D eigenvalue weighted by Crippen LogP contribution is -2.02. The second-order valence-corrected chi connectivity index (χ2v) is 4.91. The summed E-state index contributed by atoms with van der Waals surface area (Å²) >= 11 is 0. The highest BCUT2D eigenvalue weighted by Gasteiger charge is 1.98. The SMILES string of the molecule is CC(C)CCCCCCCOCCC(=O)N=C=O. The lowest BCUT2D eigenvalue weighted by molar-refractivity contribution is -0.118. The molecule has 0 saturated heterocycles. The summed E-state index contributed by atoms with van der Waals surface area (Å²) < 4.78 is 5.28. The van der Waals surface area contributed by atoms with Crippen LogP contribution >= 0.6 is 0 Å². The zero-order valence-corrected chi connectivity index (χ0v) is 11.6. The average Bonchev–Trinajstić information content (AvgIpc) is 2.31. The Morgan fingerprint density at radius 3 is 2.44 bits per heavy atom. The van der Waals surface area contributed by atoms with Crippen molar-refractivity contribution < 1.29 is 14.3 Å². The maximum atomic E-state index is 10.8. The number of carbonyl (C=O) groups excluding carboxylic acids is 2. The molecule has 0 heterocycles. The predicted molar refractivity (Wildman–Crippen MR) is 71.1 cm³/mol. The molecule has 4 nitrogen and oxygen atoms in total. The molecule has 0 aromatic heterocycles. The van der Waals surface area contributed by atoms with Crippen molar-refractivity contribution in [2.24, 2.45) is 10.9 Å². The van der Waals surface area contributed by atoms with Gasteiger partial charge in [0, 0.05) is 6.61 Å². The fourth-order valence-corrected chi connectivity index (χ4v) is 1.66. The first-order valence-corrected chi connectivity index (χ1v) is 6.85. The Bertz CT molecular complexity index is 258. The Morgan fingerprint density at radius 1 is 1.11 bits per heavy atom. The summed E-state index contributed by atoms with van der Waals surface area (Å²) in [5.41, 5.74) is 0. The van der Waals surface area contributed by atoms with E-state index >= 15 is 0 Å². The largest absolute Gasteiger partial charge is 0.381 e. The van der Waals surface area contributed by atoms with Gasteiger partial charge in [-0.2, -0.15) is 0 Å². The van der Waals surface area contributed by atoms with Crippen LogP contribution in [0.2, 0.25) is 0 Å². The van der Waals surface area contributed by atoms with Gasteiger partial charge in [-0.1, -0.05) is 46.0 Å². The smallest absolute Gasteiger partial charge is 0.258 e. The number of carbonyl (C=O) groups is 1. The number of rotatable bonds is 11. The molecule has 0 aromatic rings. The zero-order valence-electron chi connectivity index (χ0n) is 11.6. The van der Waals surface area contributed by atoms with E-state index in [1.165, 1.54) is 38.2 Å². The molecule has 0 fully saturated rings. The fourth-order valence-electron chi connectivity index (χ4n) is 1.66. The second kappa shape index (κ2) is 12.5. The third kappa shape index (κ3) is 13.1. The molecule has 18 heavy (non-hydrogen) atoms. The van der Waals surface area contributed by atoms with Gasteiger partial charge in [0.05, 0.1) is 13.0 Å². The van der Waals surface area contributed by atoms with Gasteiger partial charge in [0.15, 0.2) is 0 Å². The van der Waals surface area contributed by atoms with Gasteiger partial charge in [-0.3, -0.25) is 4.79 Å². The number of nitrogens with zero attached hydrogens (tertiary/aromatic N) is 1. The van der Waals surface area contributed by atoms with Gasteiger partial charge in [0.1, 0.15) is 0 Å². The average molecular weight is 255 g/mol. The summed E-state index contributed by atoms with van der Waals surface area (Å²) in [4.78, 5) is 23.5. The number of amides is 1. The molecule has 0 radical (unpaired) electrons. The molecule has 0 aromatic carbocycles. The van der Waals surface area contributed by atoms with E-state index in [1.807, 2.05) is 0 Å². The van der Waals surface area contributed by atoms with Gasteiger partial charge in [0.25, 0.3) is 5.91 Å². The number of hydrogen-bond acceptors (Lipinski definition) is 3. The summed E-state index contributed by atoms with van der Waals surface area (Å²) in [7, 11) is 0. The van der Waals surface area contributed by atoms with Crippen molar-refractivity contribution >= 4 is 12.0 Å². The van der Waals surface area contributed by atoms with Gasteiger partial charge in [-0.15, -0.1) is 4.99 Å². The van der Waals surface area contributed by atoms with Crippen molar-refractivity contribution in [1.82, 2.24) is 0 Å². The molecule has 0 bridgehead atoms. The first kappa shape index (κ1) is 17.0. The minimum Gasteiger partial charge on any atom is -0.381 e. The van der Waals surface area contributed by atoms with Gasteiger partial charge in [-0.25, -0.2) is 4.79 Å². The molecule has 4 heteroatoms. The molecule has 0 aliphatic heterocycles. The monoisotopic (exact) mass is 255 g/mol. The van der Waals surface area contributed by atoms with E-state index in [9.17, 15) is 9.59 Å². The lowest BCUT2D eigenvalue weighted by Gasteiger charge is -2.04. The van der Waals surface area contributed by atoms with Crippen LogP contribution in [0.25, 0.3) is 0 Å². The Balaban J connectivity index is 3.12. The number of hydrogen-bond donors (Lipinski definition) is 0. The van der Waals surface area contributed by atoms with E-state index in [1.54, 1.807) is 0 Å². The van der Waals surface area contributed by atoms with Crippen molar-refractivity contribution in [3.05, 3.63) is 0 Å². The molecular formula is C14H25NO3. The third-order valence-corrected chi connectivity index (χ3v) is 2.70. The quantitative estimate of drug-likeness (QED) is 0.323. The van der Waals surface area contributed by atoms with Crippen LogP contribution in [0.3, 0.4) is 0 Å². The minimum absolute atomic E-state index is 0.170. The van der Waals surface area contributed by atoms with Gasteiger partial charge < -0.3 is 4.74 Å². The molecule has 0 aliphatic carbocycles. The van der Waals surface area contributed by atoms with Crippen LogP contribution in [0.1, 0.15) is 58.8 Å². The first-order valence-electron chi connectivity index (χ1n) is 6.85. The van der Waals surface area contributed by atoms with Crippen LogP contribution in [0.15, 0.2) is 4.99 Å². The topological polar surface area (TPSA) is 55.7 Å². The summed E-state index contributed by atoms with van der Waals surface area (Å²) in [6.07, 6.45) is 8.79. The van der Waals surface area contributed by atoms with E-state index < -0.39 is 5.91 Å². The molecule has 0 unspecified atom stereocenters. The minimum atomic E-state index is -0.460. The van der Waals surface area contributed by atoms with E-state index in [2.05, 4.69) is 18.8 Å². The van der Waals surface area contributed by atoms with E-state index in [0.29, 0.717) is 13.2 Å². The van der Waals surface area contributed by atoms with Crippen molar-refractivity contribution in [2.75, 3.05) is 13.2 Å². The molecule has 0 aliphatic rings. The molecule has 0 N–H and O–H groups in total. The van der Waals surface area contributed by atoms with Crippen molar-refractivity contribution in [3.8, 4) is 0 Å². The maximum absolute atomic E-state index is 10.8. The summed E-state index contributed by atoms with van der Waals surface area (Å²) in [5.74, 6) is 0.346. The third-order valence-electron chi connectivity index (χ3n) is 2.70. The van der Waals surface area contributed by atoms with E-state index in [-0.39, 0.29) is 6.42 Å².